The van der Waals surface area contributed by atoms with Crippen LogP contribution in [0.25, 0.3) is 0 Å². The molecule has 2 N–H and O–H groups in total. The first-order chi connectivity index (χ1) is 10.1. The molecule has 0 fully saturated rings. The van der Waals surface area contributed by atoms with Crippen LogP contribution in [0.1, 0.15) is 26.2 Å². The van der Waals surface area contributed by atoms with Gasteiger partial charge in [0, 0.05) is 25.2 Å². The summed E-state index contributed by atoms with van der Waals surface area (Å²) in [5, 5.41) is 28.4. The smallest absolute Gasteiger partial charge is 0.185 e. The highest BCUT2D eigenvalue weighted by molar-refractivity contribution is 7.80. The van der Waals surface area contributed by atoms with E-state index in [0.29, 0.717) is 26.8 Å². The van der Waals surface area contributed by atoms with Crippen molar-refractivity contribution in [2.75, 3.05) is 25.4 Å². The molecule has 0 aliphatic heterocycles. The van der Waals surface area contributed by atoms with Crippen molar-refractivity contribution < 1.29 is 10.2 Å². The zero-order valence-electron chi connectivity index (χ0n) is 12.9. The summed E-state index contributed by atoms with van der Waals surface area (Å²) in [5.41, 5.74) is 0. The van der Waals surface area contributed by atoms with Crippen LogP contribution >= 0.6 is 12.6 Å². The van der Waals surface area contributed by atoms with Gasteiger partial charge in [-0.15, -0.1) is 5.98 Å². The van der Waals surface area contributed by atoms with Crippen molar-refractivity contribution in [3.8, 4) is 6.07 Å². The predicted molar refractivity (Wildman–Crippen MR) is 92.9 cm³/mol. The van der Waals surface area contributed by atoms with Gasteiger partial charge in [-0.1, -0.05) is 12.2 Å². The summed E-state index contributed by atoms with van der Waals surface area (Å²) in [6.45, 7) is 3.83. The maximum absolute atomic E-state index is 9.99. The summed E-state index contributed by atoms with van der Waals surface area (Å²) >= 11 is 4.20. The van der Waals surface area contributed by atoms with Crippen LogP contribution in [0.15, 0.2) is 24.2 Å². The molecular formula is C15H27BN2O2S. The number of nitrogens with zero attached hydrogens (tertiary/aromatic N) is 2. The van der Waals surface area contributed by atoms with Gasteiger partial charge in [0.1, 0.15) is 0 Å². The molecule has 0 aromatic heterocycles. The third-order valence-corrected chi connectivity index (χ3v) is 3.38. The highest BCUT2D eigenvalue weighted by atomic mass is 32.1. The van der Waals surface area contributed by atoms with Crippen molar-refractivity contribution in [1.29, 1.82) is 5.26 Å². The minimum Gasteiger partial charge on any atom is -0.400 e. The van der Waals surface area contributed by atoms with Crippen molar-refractivity contribution in [3.05, 3.63) is 24.2 Å². The Morgan fingerprint density at radius 1 is 1.33 bits per heavy atom. The molecular weight excluding hydrogens is 283 g/mol. The highest BCUT2D eigenvalue weighted by Crippen LogP contribution is 2.03. The summed E-state index contributed by atoms with van der Waals surface area (Å²) < 4.78 is 0. The minimum atomic E-state index is -0.514. The second-order valence-corrected chi connectivity index (χ2v) is 5.52. The fourth-order valence-corrected chi connectivity index (χ4v) is 2.24. The zero-order chi connectivity index (χ0) is 15.9. The molecule has 0 radical (unpaired) electrons. The average molecular weight is 310 g/mol. The summed E-state index contributed by atoms with van der Waals surface area (Å²) in [6, 6.07) is 1.40. The van der Waals surface area contributed by atoms with Crippen molar-refractivity contribution in [3.63, 3.8) is 0 Å². The molecule has 118 valence electrons. The Labute approximate surface area is 134 Å². The molecule has 0 aliphatic carbocycles. The van der Waals surface area contributed by atoms with Gasteiger partial charge in [0.05, 0.1) is 12.2 Å². The van der Waals surface area contributed by atoms with Crippen molar-refractivity contribution in [1.82, 2.24) is 4.90 Å². The van der Waals surface area contributed by atoms with Gasteiger partial charge in [0.15, 0.2) is 7.28 Å². The first-order valence-corrected chi connectivity index (χ1v) is 8.12. The highest BCUT2D eigenvalue weighted by Gasteiger charge is 2.14. The van der Waals surface area contributed by atoms with Crippen LogP contribution in [0, 0.1) is 11.3 Å². The van der Waals surface area contributed by atoms with Crippen LogP contribution in [0.3, 0.4) is 0 Å². The molecule has 0 rings (SSSR count). The zero-order valence-corrected chi connectivity index (χ0v) is 13.8. The van der Waals surface area contributed by atoms with E-state index < -0.39 is 12.1 Å². The lowest BCUT2D eigenvalue weighted by molar-refractivity contribution is 0.0920. The third-order valence-electron chi connectivity index (χ3n) is 3.06. The molecule has 0 bridgehead atoms. The van der Waals surface area contributed by atoms with E-state index in [1.165, 1.54) is 6.08 Å². The molecule has 0 heterocycles. The number of thiol groups is 1. The lowest BCUT2D eigenvalue weighted by Gasteiger charge is -2.26. The van der Waals surface area contributed by atoms with Gasteiger partial charge in [0.25, 0.3) is 0 Å². The normalized spacial score (nSPS) is 14.7. The van der Waals surface area contributed by atoms with Crippen molar-refractivity contribution in [2.24, 2.45) is 0 Å². The number of nitriles is 1. The number of unbranched alkanes of at least 4 members (excludes halogenated alkanes) is 1. The van der Waals surface area contributed by atoms with Crippen molar-refractivity contribution in [2.45, 2.75) is 38.3 Å². The fraction of sp³-hybridized carbons (Fsp3) is 0.667. The predicted octanol–water partition coefficient (Wildman–Crippen LogP) is 1.12. The Kier molecular flexibility index (Phi) is 13.7. The van der Waals surface area contributed by atoms with Crippen LogP contribution in [0.4, 0.5) is 0 Å². The van der Waals surface area contributed by atoms with Gasteiger partial charge in [-0.2, -0.15) is 17.9 Å². The number of hydrogen-bond acceptors (Lipinski definition) is 5. The first-order valence-electron chi connectivity index (χ1n) is 7.49. The number of rotatable bonds is 12. The topological polar surface area (TPSA) is 67.5 Å². The molecule has 0 saturated heterocycles. The van der Waals surface area contributed by atoms with E-state index in [2.05, 4.69) is 17.5 Å². The molecule has 0 aromatic carbocycles. The fourth-order valence-electron chi connectivity index (χ4n) is 2.02. The molecule has 6 heteroatoms. The minimum absolute atomic E-state index is 0.418. The van der Waals surface area contributed by atoms with E-state index >= 15 is 0 Å². The van der Waals surface area contributed by atoms with E-state index in [0.717, 1.165) is 25.1 Å². The summed E-state index contributed by atoms with van der Waals surface area (Å²) in [6.07, 6.45) is 7.49. The maximum atomic E-state index is 9.99. The molecule has 0 spiro atoms. The van der Waals surface area contributed by atoms with E-state index in [1.54, 1.807) is 5.98 Å². The summed E-state index contributed by atoms with van der Waals surface area (Å²) in [4.78, 5) is 2.09. The van der Waals surface area contributed by atoms with Crippen LogP contribution in [-0.4, -0.2) is 59.9 Å². The van der Waals surface area contributed by atoms with E-state index in [4.69, 9.17) is 5.26 Å². The molecule has 4 nitrogen and oxygen atoms in total. The average Bonchev–Trinajstić information content (AvgIpc) is 2.45. The standard InChI is InChI=1S/C15H27BN2O2S/c1-2-3-7-14(19)12-18(10-4-5-11-21)13-15(20)16-8-6-9-17/h2-3,6,8,14-16,19-21H,4-5,7,10-13H2,1H3/b3-2-,8-6-. The molecule has 21 heavy (non-hydrogen) atoms. The van der Waals surface area contributed by atoms with Gasteiger partial charge in [-0.25, -0.2) is 0 Å². The van der Waals surface area contributed by atoms with Gasteiger partial charge in [0.2, 0.25) is 0 Å². The molecule has 0 aliphatic rings. The SMILES string of the molecule is C/C=C\CC(O)CN(CCCCS)CC(O)B/C=C\C#N. The van der Waals surface area contributed by atoms with E-state index in [1.807, 2.05) is 25.1 Å². The van der Waals surface area contributed by atoms with Gasteiger partial charge < -0.3 is 10.2 Å². The first kappa shape index (κ1) is 20.3. The second kappa shape index (κ2) is 14.2. The number of hydrogen-bond donors (Lipinski definition) is 3. The van der Waals surface area contributed by atoms with Gasteiger partial charge in [-0.3, -0.25) is 4.90 Å². The lowest BCUT2D eigenvalue weighted by atomic mass is 9.71. The maximum Gasteiger partial charge on any atom is 0.185 e. The number of aliphatic hydroxyl groups excluding tert-OH is 2. The van der Waals surface area contributed by atoms with Gasteiger partial charge >= 0.3 is 0 Å². The quantitative estimate of drug-likeness (QED) is 0.166. The second-order valence-electron chi connectivity index (χ2n) is 5.07. The third kappa shape index (κ3) is 12.7. The largest absolute Gasteiger partial charge is 0.400 e. The number of allylic oxidation sites excluding steroid dienone is 2. The Hall–Kier alpha value is -0.735. The van der Waals surface area contributed by atoms with Gasteiger partial charge in [-0.05, 0) is 38.5 Å². The molecule has 0 amide bonds. The van der Waals surface area contributed by atoms with Crippen LogP contribution in [-0.2, 0) is 0 Å². The Morgan fingerprint density at radius 3 is 2.71 bits per heavy atom. The Morgan fingerprint density at radius 2 is 2.10 bits per heavy atom. The Balaban J connectivity index is 4.29. The van der Waals surface area contributed by atoms with Crippen molar-refractivity contribution >= 4 is 19.9 Å². The molecule has 2 atom stereocenters. The molecule has 2 unspecified atom stereocenters. The molecule has 0 saturated carbocycles. The number of aliphatic hydroxyl groups is 2. The summed E-state index contributed by atoms with van der Waals surface area (Å²) in [7, 11) is 0.460. The molecule has 0 aromatic rings. The monoisotopic (exact) mass is 310 g/mol. The van der Waals surface area contributed by atoms with E-state index in [9.17, 15) is 10.2 Å². The Bertz CT molecular complexity index is 345. The van der Waals surface area contributed by atoms with Crippen LogP contribution < -0.4 is 0 Å². The van der Waals surface area contributed by atoms with Crippen LogP contribution in [0.2, 0.25) is 0 Å². The lowest BCUT2D eigenvalue weighted by Crippen LogP contribution is -2.40. The van der Waals surface area contributed by atoms with Crippen LogP contribution in [0.5, 0.6) is 0 Å². The summed E-state index contributed by atoms with van der Waals surface area (Å²) in [5.74, 6) is 2.52. The van der Waals surface area contributed by atoms with E-state index in [-0.39, 0.29) is 0 Å².